The molecule has 2 rings (SSSR count). The first-order valence-electron chi connectivity index (χ1n) is 7.94. The predicted octanol–water partition coefficient (Wildman–Crippen LogP) is 2.24. The minimum absolute atomic E-state index is 0.0281. The Hall–Kier alpha value is -1.75. The highest BCUT2D eigenvalue weighted by Gasteiger charge is 2.13. The van der Waals surface area contributed by atoms with Gasteiger partial charge in [-0.1, -0.05) is 25.3 Å². The van der Waals surface area contributed by atoms with Gasteiger partial charge in [-0.3, -0.25) is 4.79 Å². The molecule has 0 spiro atoms. The lowest BCUT2D eigenvalue weighted by atomic mass is 9.95. The highest BCUT2D eigenvalue weighted by atomic mass is 16.5. The fourth-order valence-corrected chi connectivity index (χ4v) is 2.80. The van der Waals surface area contributed by atoms with Gasteiger partial charge >= 0.3 is 0 Å². The van der Waals surface area contributed by atoms with E-state index in [-0.39, 0.29) is 5.91 Å². The largest absolute Gasteiger partial charge is 0.493 e. The summed E-state index contributed by atoms with van der Waals surface area (Å²) in [6.45, 7) is 0.878. The summed E-state index contributed by atoms with van der Waals surface area (Å²) in [6.07, 6.45) is 6.23. The molecule has 0 unspecified atom stereocenters. The smallest absolute Gasteiger partial charge is 0.234 e. The average molecular weight is 306 g/mol. The Kier molecular flexibility index (Phi) is 6.52. The minimum atomic E-state index is 0.0281. The van der Waals surface area contributed by atoms with E-state index >= 15 is 0 Å². The van der Waals surface area contributed by atoms with Crippen LogP contribution in [0.1, 0.15) is 37.7 Å². The molecule has 122 valence electrons. The second-order valence-corrected chi connectivity index (χ2v) is 5.68. The molecule has 0 aromatic heterocycles. The van der Waals surface area contributed by atoms with Gasteiger partial charge in [-0.25, -0.2) is 0 Å². The number of ether oxygens (including phenoxy) is 2. The maximum Gasteiger partial charge on any atom is 0.234 e. The zero-order chi connectivity index (χ0) is 15.8. The number of benzene rings is 1. The van der Waals surface area contributed by atoms with Crippen molar-refractivity contribution in [3.63, 3.8) is 0 Å². The summed E-state index contributed by atoms with van der Waals surface area (Å²) in [5.41, 5.74) is 0.990. The van der Waals surface area contributed by atoms with Crippen LogP contribution in [0.2, 0.25) is 0 Å². The fourth-order valence-electron chi connectivity index (χ4n) is 2.80. The van der Waals surface area contributed by atoms with Crippen molar-refractivity contribution < 1.29 is 14.3 Å². The van der Waals surface area contributed by atoms with Crippen LogP contribution in [0.5, 0.6) is 11.5 Å². The number of carbonyl (C=O) groups is 1. The van der Waals surface area contributed by atoms with Crippen molar-refractivity contribution in [2.75, 3.05) is 20.8 Å². The molecular weight excluding hydrogens is 280 g/mol. The molecule has 1 amide bonds. The number of amides is 1. The van der Waals surface area contributed by atoms with Crippen LogP contribution in [0.25, 0.3) is 0 Å². The lowest BCUT2D eigenvalue weighted by molar-refractivity contribution is -0.120. The summed E-state index contributed by atoms with van der Waals surface area (Å²) in [7, 11) is 3.21. The molecule has 1 aliphatic carbocycles. The lowest BCUT2D eigenvalue weighted by Crippen LogP contribution is -2.39. The van der Waals surface area contributed by atoms with Crippen LogP contribution in [0.15, 0.2) is 18.2 Å². The summed E-state index contributed by atoms with van der Waals surface area (Å²) in [5, 5.41) is 6.27. The first kappa shape index (κ1) is 16.6. The second-order valence-electron chi connectivity index (χ2n) is 5.68. The third-order valence-corrected chi connectivity index (χ3v) is 4.09. The quantitative estimate of drug-likeness (QED) is 0.811. The number of carbonyl (C=O) groups excluding carboxylic acids is 1. The number of hydrogen-bond acceptors (Lipinski definition) is 4. The Morgan fingerprint density at radius 2 is 1.86 bits per heavy atom. The van der Waals surface area contributed by atoms with Crippen LogP contribution in [0.4, 0.5) is 0 Å². The molecule has 0 radical (unpaired) electrons. The van der Waals surface area contributed by atoms with Crippen LogP contribution in [0.3, 0.4) is 0 Å². The van der Waals surface area contributed by atoms with Gasteiger partial charge in [-0.05, 0) is 30.5 Å². The van der Waals surface area contributed by atoms with E-state index in [0.29, 0.717) is 30.6 Å². The molecule has 1 aromatic carbocycles. The van der Waals surface area contributed by atoms with Crippen LogP contribution in [-0.4, -0.2) is 32.7 Å². The van der Waals surface area contributed by atoms with Crippen LogP contribution < -0.4 is 20.1 Å². The van der Waals surface area contributed by atoms with Crippen molar-refractivity contribution in [3.8, 4) is 11.5 Å². The van der Waals surface area contributed by atoms with E-state index in [1.165, 1.54) is 32.1 Å². The van der Waals surface area contributed by atoms with E-state index < -0.39 is 0 Å². The Morgan fingerprint density at radius 3 is 2.55 bits per heavy atom. The molecule has 1 saturated carbocycles. The van der Waals surface area contributed by atoms with Crippen molar-refractivity contribution in [1.29, 1.82) is 0 Å². The van der Waals surface area contributed by atoms with E-state index in [9.17, 15) is 4.79 Å². The number of hydrogen-bond donors (Lipinski definition) is 2. The third-order valence-electron chi connectivity index (χ3n) is 4.09. The Morgan fingerprint density at radius 1 is 1.14 bits per heavy atom. The SMILES string of the molecule is COc1ccc(CNC(=O)CNC2CCCCC2)cc1OC. The maximum absolute atomic E-state index is 11.9. The molecule has 1 fully saturated rings. The third kappa shape index (κ3) is 4.91. The molecule has 0 atom stereocenters. The maximum atomic E-state index is 11.9. The van der Waals surface area contributed by atoms with Crippen molar-refractivity contribution in [2.45, 2.75) is 44.7 Å². The standard InChI is InChI=1S/C17H26N2O3/c1-21-15-9-8-13(10-16(15)22-2)11-19-17(20)12-18-14-6-4-3-5-7-14/h8-10,14,18H,3-7,11-12H2,1-2H3,(H,19,20). The van der Waals surface area contributed by atoms with E-state index in [1.54, 1.807) is 14.2 Å². The van der Waals surface area contributed by atoms with Crippen molar-refractivity contribution in [2.24, 2.45) is 0 Å². The highest BCUT2D eigenvalue weighted by molar-refractivity contribution is 5.78. The van der Waals surface area contributed by atoms with Crippen molar-refractivity contribution in [1.82, 2.24) is 10.6 Å². The predicted molar refractivity (Wildman–Crippen MR) is 86.3 cm³/mol. The summed E-state index contributed by atoms with van der Waals surface area (Å²) >= 11 is 0. The van der Waals surface area contributed by atoms with Gasteiger partial charge in [0.25, 0.3) is 0 Å². The van der Waals surface area contributed by atoms with Crippen LogP contribution in [-0.2, 0) is 11.3 Å². The Balaban J connectivity index is 1.75. The highest BCUT2D eigenvalue weighted by Crippen LogP contribution is 2.27. The van der Waals surface area contributed by atoms with Gasteiger partial charge in [-0.2, -0.15) is 0 Å². The van der Waals surface area contributed by atoms with Crippen LogP contribution in [0, 0.1) is 0 Å². The summed E-state index contributed by atoms with van der Waals surface area (Å²) < 4.78 is 10.5. The van der Waals surface area contributed by atoms with Gasteiger partial charge in [0, 0.05) is 12.6 Å². The summed E-state index contributed by atoms with van der Waals surface area (Å²) in [5.74, 6) is 1.39. The zero-order valence-corrected chi connectivity index (χ0v) is 13.5. The van der Waals surface area contributed by atoms with E-state index in [1.807, 2.05) is 18.2 Å². The number of methoxy groups -OCH3 is 2. The number of nitrogens with one attached hydrogen (secondary N) is 2. The van der Waals surface area contributed by atoms with Gasteiger partial charge in [-0.15, -0.1) is 0 Å². The molecule has 0 bridgehead atoms. The molecule has 5 heteroatoms. The van der Waals surface area contributed by atoms with Crippen molar-refractivity contribution in [3.05, 3.63) is 23.8 Å². The molecule has 0 saturated heterocycles. The molecule has 1 aromatic rings. The molecule has 22 heavy (non-hydrogen) atoms. The van der Waals surface area contributed by atoms with Gasteiger partial charge < -0.3 is 20.1 Å². The minimum Gasteiger partial charge on any atom is -0.493 e. The van der Waals surface area contributed by atoms with Gasteiger partial charge in [0.15, 0.2) is 11.5 Å². The van der Waals surface area contributed by atoms with E-state index in [4.69, 9.17) is 9.47 Å². The van der Waals surface area contributed by atoms with Crippen molar-refractivity contribution >= 4 is 5.91 Å². The number of rotatable bonds is 7. The van der Waals surface area contributed by atoms with Gasteiger partial charge in [0.05, 0.1) is 20.8 Å². The molecule has 1 aliphatic rings. The Labute approximate surface area is 132 Å². The second kappa shape index (κ2) is 8.63. The van der Waals surface area contributed by atoms with E-state index in [2.05, 4.69) is 10.6 Å². The van der Waals surface area contributed by atoms with Gasteiger partial charge in [0.1, 0.15) is 0 Å². The monoisotopic (exact) mass is 306 g/mol. The Bertz CT molecular complexity index is 485. The first-order chi connectivity index (χ1) is 10.7. The van der Waals surface area contributed by atoms with E-state index in [0.717, 1.165) is 5.56 Å². The topological polar surface area (TPSA) is 59.6 Å². The average Bonchev–Trinajstić information content (AvgIpc) is 2.58. The first-order valence-corrected chi connectivity index (χ1v) is 7.94. The zero-order valence-electron chi connectivity index (χ0n) is 13.5. The molecule has 0 aliphatic heterocycles. The fraction of sp³-hybridized carbons (Fsp3) is 0.588. The molecule has 0 heterocycles. The van der Waals surface area contributed by atoms with Gasteiger partial charge in [0.2, 0.25) is 5.91 Å². The lowest BCUT2D eigenvalue weighted by Gasteiger charge is -2.22. The molecule has 2 N–H and O–H groups in total. The normalized spacial score (nSPS) is 15.4. The molecular formula is C17H26N2O3. The van der Waals surface area contributed by atoms with Crippen LogP contribution >= 0.6 is 0 Å². The summed E-state index contributed by atoms with van der Waals surface area (Å²) in [6, 6.07) is 6.16. The molecule has 5 nitrogen and oxygen atoms in total. The summed E-state index contributed by atoms with van der Waals surface area (Å²) in [4.78, 5) is 11.9.